The highest BCUT2D eigenvalue weighted by atomic mass is 16.5. The number of carbonyl (C=O) groups excluding carboxylic acids is 1. The first-order chi connectivity index (χ1) is 9.69. The van der Waals surface area contributed by atoms with E-state index in [-0.39, 0.29) is 5.78 Å². The Balaban J connectivity index is 2.12. The van der Waals surface area contributed by atoms with E-state index in [9.17, 15) is 4.79 Å². The Morgan fingerprint density at radius 2 is 1.90 bits per heavy atom. The molecule has 2 aromatic carbocycles. The number of nitrogens with one attached hydrogen (secondary N) is 1. The molecule has 0 fully saturated rings. The standard InChI is InChI=1S/C16H14N2O2/c1-20-15-8-11(17)7-13-12(15)9-14(18-13)16(19)10-5-3-2-4-6-10/h2-9,18H,17H2,1H3. The largest absolute Gasteiger partial charge is 0.496 e. The molecule has 0 unspecified atom stereocenters. The number of aromatic amines is 1. The lowest BCUT2D eigenvalue weighted by Crippen LogP contribution is -2.00. The van der Waals surface area contributed by atoms with Crippen LogP contribution in [0.3, 0.4) is 0 Å². The second-order valence-electron chi connectivity index (χ2n) is 4.56. The molecule has 0 spiro atoms. The number of anilines is 1. The maximum Gasteiger partial charge on any atom is 0.209 e. The first kappa shape index (κ1) is 12.3. The summed E-state index contributed by atoms with van der Waals surface area (Å²) in [5.41, 5.74) is 8.36. The molecule has 100 valence electrons. The van der Waals surface area contributed by atoms with Gasteiger partial charge in [0.05, 0.1) is 18.3 Å². The lowest BCUT2D eigenvalue weighted by Gasteiger charge is -2.02. The molecule has 4 nitrogen and oxygen atoms in total. The molecule has 3 N–H and O–H groups in total. The summed E-state index contributed by atoms with van der Waals surface area (Å²) >= 11 is 0. The highest BCUT2D eigenvalue weighted by molar-refractivity contribution is 6.10. The van der Waals surface area contributed by atoms with Crippen LogP contribution in [0.15, 0.2) is 48.5 Å². The number of nitrogen functional groups attached to an aromatic ring is 1. The zero-order valence-corrected chi connectivity index (χ0v) is 11.0. The normalized spacial score (nSPS) is 10.7. The van der Waals surface area contributed by atoms with E-state index in [1.54, 1.807) is 37.4 Å². The first-order valence-electron chi connectivity index (χ1n) is 6.25. The summed E-state index contributed by atoms with van der Waals surface area (Å²) in [5.74, 6) is 0.603. The lowest BCUT2D eigenvalue weighted by atomic mass is 10.1. The third-order valence-electron chi connectivity index (χ3n) is 3.22. The predicted molar refractivity (Wildman–Crippen MR) is 79.1 cm³/mol. The van der Waals surface area contributed by atoms with Crippen molar-refractivity contribution in [2.45, 2.75) is 0 Å². The molecule has 0 aliphatic rings. The van der Waals surface area contributed by atoms with Crippen molar-refractivity contribution in [2.75, 3.05) is 12.8 Å². The van der Waals surface area contributed by atoms with Gasteiger partial charge in [0, 0.05) is 22.7 Å². The number of aromatic nitrogens is 1. The molecule has 0 amide bonds. The Morgan fingerprint density at radius 1 is 1.15 bits per heavy atom. The van der Waals surface area contributed by atoms with Crippen molar-refractivity contribution in [3.8, 4) is 5.75 Å². The maximum atomic E-state index is 12.4. The van der Waals surface area contributed by atoms with E-state index >= 15 is 0 Å². The van der Waals surface area contributed by atoms with Crippen LogP contribution in [-0.4, -0.2) is 17.9 Å². The first-order valence-corrected chi connectivity index (χ1v) is 6.25. The van der Waals surface area contributed by atoms with Gasteiger partial charge in [-0.15, -0.1) is 0 Å². The van der Waals surface area contributed by atoms with Crippen LogP contribution < -0.4 is 10.5 Å². The summed E-state index contributed by atoms with van der Waals surface area (Å²) in [5, 5.41) is 0.848. The smallest absolute Gasteiger partial charge is 0.209 e. The van der Waals surface area contributed by atoms with Gasteiger partial charge >= 0.3 is 0 Å². The highest BCUT2D eigenvalue weighted by Crippen LogP contribution is 2.29. The van der Waals surface area contributed by atoms with Crippen molar-refractivity contribution in [3.05, 3.63) is 59.8 Å². The number of carbonyl (C=O) groups is 1. The summed E-state index contributed by atoms with van der Waals surface area (Å²) in [6.45, 7) is 0. The monoisotopic (exact) mass is 266 g/mol. The molecule has 0 saturated carbocycles. The number of hydrogen-bond donors (Lipinski definition) is 2. The van der Waals surface area contributed by atoms with E-state index in [4.69, 9.17) is 10.5 Å². The molecule has 0 bridgehead atoms. The topological polar surface area (TPSA) is 68.1 Å². The predicted octanol–water partition coefficient (Wildman–Crippen LogP) is 2.99. The van der Waals surface area contributed by atoms with Crippen molar-refractivity contribution >= 4 is 22.4 Å². The molecular formula is C16H14N2O2. The van der Waals surface area contributed by atoms with Crippen LogP contribution in [0, 0.1) is 0 Å². The average molecular weight is 266 g/mol. The quantitative estimate of drug-likeness (QED) is 0.565. The number of nitrogens with two attached hydrogens (primary N) is 1. The van der Waals surface area contributed by atoms with Crippen LogP contribution in [0.2, 0.25) is 0 Å². The Morgan fingerprint density at radius 3 is 2.60 bits per heavy atom. The molecule has 1 heterocycles. The van der Waals surface area contributed by atoms with Gasteiger partial charge in [0.2, 0.25) is 5.78 Å². The third-order valence-corrected chi connectivity index (χ3v) is 3.22. The summed E-state index contributed by atoms with van der Waals surface area (Å²) < 4.78 is 5.30. The zero-order chi connectivity index (χ0) is 14.1. The molecular weight excluding hydrogens is 252 g/mol. The van der Waals surface area contributed by atoms with Crippen LogP contribution in [0.25, 0.3) is 10.9 Å². The van der Waals surface area contributed by atoms with Crippen molar-refractivity contribution in [1.82, 2.24) is 4.98 Å². The molecule has 0 radical (unpaired) electrons. The van der Waals surface area contributed by atoms with E-state index in [1.165, 1.54) is 0 Å². The molecule has 20 heavy (non-hydrogen) atoms. The minimum Gasteiger partial charge on any atom is -0.496 e. The van der Waals surface area contributed by atoms with Gasteiger partial charge in [0.15, 0.2) is 0 Å². The van der Waals surface area contributed by atoms with Gasteiger partial charge in [0.25, 0.3) is 0 Å². The van der Waals surface area contributed by atoms with Crippen molar-refractivity contribution in [3.63, 3.8) is 0 Å². The molecule has 4 heteroatoms. The van der Waals surface area contributed by atoms with E-state index < -0.39 is 0 Å². The number of methoxy groups -OCH3 is 1. The van der Waals surface area contributed by atoms with Crippen LogP contribution in [0.1, 0.15) is 16.1 Å². The molecule has 1 aromatic heterocycles. The van der Waals surface area contributed by atoms with Gasteiger partial charge in [-0.25, -0.2) is 0 Å². The Labute approximate surface area is 116 Å². The van der Waals surface area contributed by atoms with Gasteiger partial charge in [-0.3, -0.25) is 4.79 Å². The van der Waals surface area contributed by atoms with Crippen molar-refractivity contribution < 1.29 is 9.53 Å². The van der Waals surface area contributed by atoms with Gasteiger partial charge in [-0.2, -0.15) is 0 Å². The second-order valence-corrected chi connectivity index (χ2v) is 4.56. The minimum absolute atomic E-state index is 0.0533. The van der Waals surface area contributed by atoms with Crippen molar-refractivity contribution in [2.24, 2.45) is 0 Å². The van der Waals surface area contributed by atoms with Crippen LogP contribution >= 0.6 is 0 Å². The number of ether oxygens (including phenoxy) is 1. The fourth-order valence-electron chi connectivity index (χ4n) is 2.26. The number of benzene rings is 2. The number of hydrogen-bond acceptors (Lipinski definition) is 3. The Bertz CT molecular complexity index is 776. The zero-order valence-electron chi connectivity index (χ0n) is 11.0. The lowest BCUT2D eigenvalue weighted by molar-refractivity contribution is 0.103. The maximum absolute atomic E-state index is 12.4. The van der Waals surface area contributed by atoms with Gasteiger partial charge in [0.1, 0.15) is 5.75 Å². The highest BCUT2D eigenvalue weighted by Gasteiger charge is 2.14. The molecule has 0 aliphatic carbocycles. The van der Waals surface area contributed by atoms with E-state index in [1.807, 2.05) is 18.2 Å². The van der Waals surface area contributed by atoms with E-state index in [2.05, 4.69) is 4.98 Å². The fraction of sp³-hybridized carbons (Fsp3) is 0.0625. The summed E-state index contributed by atoms with van der Waals surface area (Å²) in [4.78, 5) is 15.5. The number of rotatable bonds is 3. The fourth-order valence-corrected chi connectivity index (χ4v) is 2.26. The number of fused-ring (bicyclic) bond motifs is 1. The molecule has 0 saturated heterocycles. The Hall–Kier alpha value is -2.75. The van der Waals surface area contributed by atoms with E-state index in [0.717, 1.165) is 10.9 Å². The van der Waals surface area contributed by atoms with Crippen LogP contribution in [-0.2, 0) is 0 Å². The molecule has 0 atom stereocenters. The molecule has 3 aromatic rings. The van der Waals surface area contributed by atoms with Crippen LogP contribution in [0.4, 0.5) is 5.69 Å². The summed E-state index contributed by atoms with van der Waals surface area (Å²) in [6, 6.07) is 14.5. The third kappa shape index (κ3) is 2.01. The number of H-pyrrole nitrogens is 1. The van der Waals surface area contributed by atoms with E-state index in [0.29, 0.717) is 22.7 Å². The average Bonchev–Trinajstić information content (AvgIpc) is 2.90. The Kier molecular flexibility index (Phi) is 2.91. The van der Waals surface area contributed by atoms with Gasteiger partial charge in [-0.1, -0.05) is 30.3 Å². The van der Waals surface area contributed by atoms with Gasteiger partial charge in [-0.05, 0) is 12.1 Å². The van der Waals surface area contributed by atoms with Crippen LogP contribution in [0.5, 0.6) is 5.75 Å². The molecule has 0 aliphatic heterocycles. The van der Waals surface area contributed by atoms with Crippen molar-refractivity contribution in [1.29, 1.82) is 0 Å². The van der Waals surface area contributed by atoms with Gasteiger partial charge < -0.3 is 15.5 Å². The SMILES string of the molecule is COc1cc(N)cc2[nH]c(C(=O)c3ccccc3)cc12. The summed E-state index contributed by atoms with van der Waals surface area (Å²) in [6.07, 6.45) is 0. The minimum atomic E-state index is -0.0533. The summed E-state index contributed by atoms with van der Waals surface area (Å²) in [7, 11) is 1.58. The second kappa shape index (κ2) is 4.74. The number of ketones is 1. The molecule has 3 rings (SSSR count).